The standard InChI is InChI=1S/C18H25NO3/c1-13(2)17-9-4-5-10-19(17)18(21)12-22-16-8-6-7-15(11-16)14(3)20/h6-8,11,13,17H,4-5,9-10,12H2,1-3H3. The van der Waals surface area contributed by atoms with Crippen LogP contribution < -0.4 is 4.74 Å². The maximum absolute atomic E-state index is 12.4. The van der Waals surface area contributed by atoms with Gasteiger partial charge in [0.05, 0.1) is 0 Å². The van der Waals surface area contributed by atoms with Crippen LogP contribution in [-0.4, -0.2) is 35.8 Å². The molecule has 0 aliphatic carbocycles. The van der Waals surface area contributed by atoms with Crippen LogP contribution in [0.25, 0.3) is 0 Å². The SMILES string of the molecule is CC(=O)c1cccc(OCC(=O)N2CCCCC2C(C)C)c1. The quantitative estimate of drug-likeness (QED) is 0.784. The zero-order chi connectivity index (χ0) is 16.1. The Kier molecular flexibility index (Phi) is 5.58. The third-order valence-electron chi connectivity index (χ3n) is 4.24. The van der Waals surface area contributed by atoms with Crippen LogP contribution in [-0.2, 0) is 4.79 Å². The van der Waals surface area contributed by atoms with Crippen LogP contribution in [0.4, 0.5) is 0 Å². The molecular weight excluding hydrogens is 278 g/mol. The minimum Gasteiger partial charge on any atom is -0.484 e. The second kappa shape index (κ2) is 7.43. The molecule has 1 amide bonds. The van der Waals surface area contributed by atoms with E-state index in [2.05, 4.69) is 13.8 Å². The molecular formula is C18H25NO3. The van der Waals surface area contributed by atoms with Crippen molar-refractivity contribution < 1.29 is 14.3 Å². The first kappa shape index (κ1) is 16.5. The Morgan fingerprint density at radius 1 is 1.32 bits per heavy atom. The van der Waals surface area contributed by atoms with Crippen LogP contribution >= 0.6 is 0 Å². The van der Waals surface area contributed by atoms with E-state index in [0.29, 0.717) is 23.3 Å². The second-order valence-electron chi connectivity index (χ2n) is 6.27. The molecule has 1 aliphatic heterocycles. The molecule has 1 saturated heterocycles. The van der Waals surface area contributed by atoms with E-state index in [1.165, 1.54) is 13.3 Å². The first-order chi connectivity index (χ1) is 10.5. The maximum atomic E-state index is 12.4. The topological polar surface area (TPSA) is 46.6 Å². The lowest BCUT2D eigenvalue weighted by Crippen LogP contribution is -2.48. The molecule has 1 atom stereocenters. The zero-order valence-electron chi connectivity index (χ0n) is 13.7. The summed E-state index contributed by atoms with van der Waals surface area (Å²) in [6.07, 6.45) is 3.33. The van der Waals surface area contributed by atoms with Crippen LogP contribution in [0.15, 0.2) is 24.3 Å². The number of hydrogen-bond donors (Lipinski definition) is 0. The van der Waals surface area contributed by atoms with Crippen LogP contribution in [0.1, 0.15) is 50.4 Å². The minimum atomic E-state index is -0.00678. The molecule has 4 nitrogen and oxygen atoms in total. The molecule has 0 aromatic heterocycles. The molecule has 0 radical (unpaired) electrons. The Bertz CT molecular complexity index is 539. The molecule has 1 heterocycles. The van der Waals surface area contributed by atoms with Gasteiger partial charge in [0.2, 0.25) is 0 Å². The Hall–Kier alpha value is -1.84. The highest BCUT2D eigenvalue weighted by atomic mass is 16.5. The van der Waals surface area contributed by atoms with Crippen molar-refractivity contribution in [2.45, 2.75) is 46.1 Å². The maximum Gasteiger partial charge on any atom is 0.260 e. The van der Waals surface area contributed by atoms with Gasteiger partial charge in [-0.15, -0.1) is 0 Å². The number of ketones is 1. The predicted molar refractivity (Wildman–Crippen MR) is 86.1 cm³/mol. The lowest BCUT2D eigenvalue weighted by Gasteiger charge is -2.38. The van der Waals surface area contributed by atoms with E-state index >= 15 is 0 Å². The largest absolute Gasteiger partial charge is 0.484 e. The highest BCUT2D eigenvalue weighted by Gasteiger charge is 2.28. The third-order valence-corrected chi connectivity index (χ3v) is 4.24. The number of amides is 1. The van der Waals surface area contributed by atoms with E-state index in [1.807, 2.05) is 4.90 Å². The summed E-state index contributed by atoms with van der Waals surface area (Å²) in [6.45, 7) is 6.69. The van der Waals surface area contributed by atoms with Gasteiger partial charge in [-0.2, -0.15) is 0 Å². The van der Waals surface area contributed by atoms with E-state index in [-0.39, 0.29) is 18.3 Å². The van der Waals surface area contributed by atoms with Crippen LogP contribution in [0.3, 0.4) is 0 Å². The molecule has 120 valence electrons. The number of Topliss-reactive ketones (excluding diaryl/α,β-unsaturated/α-hetero) is 1. The summed E-state index contributed by atoms with van der Waals surface area (Å²) < 4.78 is 5.60. The van der Waals surface area contributed by atoms with Gasteiger partial charge in [-0.25, -0.2) is 0 Å². The van der Waals surface area contributed by atoms with Gasteiger partial charge in [0, 0.05) is 18.2 Å². The second-order valence-corrected chi connectivity index (χ2v) is 6.27. The van der Waals surface area contributed by atoms with Gasteiger partial charge in [0.15, 0.2) is 12.4 Å². The van der Waals surface area contributed by atoms with Crippen LogP contribution in [0.2, 0.25) is 0 Å². The molecule has 1 unspecified atom stereocenters. The minimum absolute atomic E-state index is 0.00678. The third kappa shape index (κ3) is 4.09. The van der Waals surface area contributed by atoms with Crippen molar-refractivity contribution in [3.05, 3.63) is 29.8 Å². The smallest absolute Gasteiger partial charge is 0.260 e. The molecule has 0 spiro atoms. The molecule has 1 fully saturated rings. The van der Waals surface area contributed by atoms with Gasteiger partial charge in [0.25, 0.3) is 5.91 Å². The molecule has 1 aromatic rings. The highest BCUT2D eigenvalue weighted by molar-refractivity contribution is 5.94. The Morgan fingerprint density at radius 2 is 2.09 bits per heavy atom. The summed E-state index contributed by atoms with van der Waals surface area (Å²) in [5, 5.41) is 0. The van der Waals surface area contributed by atoms with E-state index in [1.54, 1.807) is 24.3 Å². The number of likely N-dealkylation sites (tertiary alicyclic amines) is 1. The molecule has 2 rings (SSSR count). The number of carbonyl (C=O) groups is 2. The molecule has 0 N–H and O–H groups in total. The van der Waals surface area contributed by atoms with Gasteiger partial charge in [-0.3, -0.25) is 9.59 Å². The number of nitrogens with zero attached hydrogens (tertiary/aromatic N) is 1. The summed E-state index contributed by atoms with van der Waals surface area (Å²) >= 11 is 0. The first-order valence-electron chi connectivity index (χ1n) is 8.02. The van der Waals surface area contributed by atoms with Gasteiger partial charge in [0.1, 0.15) is 5.75 Å². The molecule has 0 bridgehead atoms. The molecule has 22 heavy (non-hydrogen) atoms. The summed E-state index contributed by atoms with van der Waals surface area (Å²) in [7, 11) is 0. The number of piperidine rings is 1. The lowest BCUT2D eigenvalue weighted by molar-refractivity contribution is -0.138. The van der Waals surface area contributed by atoms with Gasteiger partial charge >= 0.3 is 0 Å². The number of rotatable bonds is 5. The highest BCUT2D eigenvalue weighted by Crippen LogP contribution is 2.23. The monoisotopic (exact) mass is 303 g/mol. The number of benzene rings is 1. The normalized spacial score (nSPS) is 18.4. The molecule has 1 aromatic carbocycles. The Balaban J connectivity index is 1.97. The fraction of sp³-hybridized carbons (Fsp3) is 0.556. The summed E-state index contributed by atoms with van der Waals surface area (Å²) in [4.78, 5) is 25.8. The Labute approximate surface area is 132 Å². The van der Waals surface area contributed by atoms with Crippen molar-refractivity contribution >= 4 is 11.7 Å². The van der Waals surface area contributed by atoms with Crippen molar-refractivity contribution in [2.24, 2.45) is 5.92 Å². The van der Waals surface area contributed by atoms with Crippen molar-refractivity contribution in [1.29, 1.82) is 0 Å². The number of carbonyl (C=O) groups excluding carboxylic acids is 2. The van der Waals surface area contributed by atoms with E-state index in [9.17, 15) is 9.59 Å². The van der Waals surface area contributed by atoms with Gasteiger partial charge in [-0.05, 0) is 44.2 Å². The van der Waals surface area contributed by atoms with Gasteiger partial charge < -0.3 is 9.64 Å². The fourth-order valence-corrected chi connectivity index (χ4v) is 2.99. The van der Waals surface area contributed by atoms with Crippen molar-refractivity contribution in [3.63, 3.8) is 0 Å². The average Bonchev–Trinajstić information content (AvgIpc) is 2.52. The van der Waals surface area contributed by atoms with Crippen LogP contribution in [0, 0.1) is 5.92 Å². The molecule has 0 saturated carbocycles. The molecule has 1 aliphatic rings. The van der Waals surface area contributed by atoms with Gasteiger partial charge in [-0.1, -0.05) is 26.0 Å². The summed E-state index contributed by atoms with van der Waals surface area (Å²) in [6, 6.07) is 7.29. The van der Waals surface area contributed by atoms with Crippen molar-refractivity contribution in [3.8, 4) is 5.75 Å². The first-order valence-corrected chi connectivity index (χ1v) is 8.02. The summed E-state index contributed by atoms with van der Waals surface area (Å²) in [5.74, 6) is 1.06. The van der Waals surface area contributed by atoms with Crippen LogP contribution in [0.5, 0.6) is 5.75 Å². The van der Waals surface area contributed by atoms with E-state index < -0.39 is 0 Å². The fourth-order valence-electron chi connectivity index (χ4n) is 2.99. The van der Waals surface area contributed by atoms with E-state index in [0.717, 1.165) is 19.4 Å². The zero-order valence-corrected chi connectivity index (χ0v) is 13.7. The predicted octanol–water partition coefficient (Wildman–Crippen LogP) is 3.31. The lowest BCUT2D eigenvalue weighted by atomic mass is 9.93. The number of ether oxygens (including phenoxy) is 1. The molecule has 4 heteroatoms. The van der Waals surface area contributed by atoms with Crippen molar-refractivity contribution in [1.82, 2.24) is 4.90 Å². The summed E-state index contributed by atoms with van der Waals surface area (Å²) in [5.41, 5.74) is 0.600. The van der Waals surface area contributed by atoms with Crippen molar-refractivity contribution in [2.75, 3.05) is 13.2 Å². The Morgan fingerprint density at radius 3 is 2.77 bits per heavy atom. The number of hydrogen-bond acceptors (Lipinski definition) is 3. The van der Waals surface area contributed by atoms with E-state index in [4.69, 9.17) is 4.74 Å². The average molecular weight is 303 g/mol.